The van der Waals surface area contributed by atoms with E-state index in [0.717, 1.165) is 30.8 Å². The minimum Gasteiger partial charge on any atom is -0.461 e. The lowest BCUT2D eigenvalue weighted by Crippen LogP contribution is -2.37. The van der Waals surface area contributed by atoms with Gasteiger partial charge >= 0.3 is 0 Å². The molecule has 2 atom stereocenters. The normalized spacial score (nSPS) is 22.6. The second-order valence-corrected chi connectivity index (χ2v) is 5.84. The molecule has 2 aromatic heterocycles. The van der Waals surface area contributed by atoms with E-state index in [9.17, 15) is 0 Å². The molecular formula is C16H23N3O2. The Morgan fingerprint density at radius 1 is 1.33 bits per heavy atom. The minimum atomic E-state index is 0.321. The first kappa shape index (κ1) is 14.3. The van der Waals surface area contributed by atoms with Gasteiger partial charge in [-0.3, -0.25) is 0 Å². The summed E-state index contributed by atoms with van der Waals surface area (Å²) in [7, 11) is 0. The average molecular weight is 289 g/mol. The number of hydrogen-bond acceptors (Lipinski definition) is 5. The van der Waals surface area contributed by atoms with Crippen LogP contribution in [0, 0.1) is 6.92 Å². The number of nitrogens with zero attached hydrogens (tertiary/aromatic N) is 2. The molecule has 5 nitrogen and oxygen atoms in total. The van der Waals surface area contributed by atoms with Crippen LogP contribution in [0.3, 0.4) is 0 Å². The van der Waals surface area contributed by atoms with Crippen molar-refractivity contribution < 1.29 is 8.94 Å². The quantitative estimate of drug-likeness (QED) is 0.910. The van der Waals surface area contributed by atoms with Crippen LogP contribution in [0.4, 0.5) is 0 Å². The average Bonchev–Trinajstić information content (AvgIpc) is 3.14. The molecule has 0 spiro atoms. The van der Waals surface area contributed by atoms with E-state index in [4.69, 9.17) is 8.94 Å². The van der Waals surface area contributed by atoms with Gasteiger partial charge in [-0.1, -0.05) is 24.9 Å². The summed E-state index contributed by atoms with van der Waals surface area (Å²) in [4.78, 5) is 4.58. The predicted molar refractivity (Wildman–Crippen MR) is 80.0 cm³/mol. The number of aromatic nitrogens is 2. The van der Waals surface area contributed by atoms with E-state index >= 15 is 0 Å². The van der Waals surface area contributed by atoms with E-state index in [1.54, 1.807) is 6.26 Å². The summed E-state index contributed by atoms with van der Waals surface area (Å²) in [6, 6.07) is 2.36. The van der Waals surface area contributed by atoms with Crippen LogP contribution in [-0.4, -0.2) is 22.7 Å². The number of furan rings is 1. The fraction of sp³-hybridized carbons (Fsp3) is 0.625. The Balaban J connectivity index is 1.79. The molecule has 21 heavy (non-hydrogen) atoms. The van der Waals surface area contributed by atoms with Crippen molar-refractivity contribution in [1.82, 2.24) is 15.5 Å². The van der Waals surface area contributed by atoms with E-state index in [-0.39, 0.29) is 0 Å². The lowest BCUT2D eigenvalue weighted by Gasteiger charge is -2.29. The molecule has 0 aliphatic heterocycles. The van der Waals surface area contributed by atoms with E-state index in [0.29, 0.717) is 23.5 Å². The summed E-state index contributed by atoms with van der Waals surface area (Å²) >= 11 is 0. The molecule has 5 heteroatoms. The lowest BCUT2D eigenvalue weighted by atomic mass is 9.84. The van der Waals surface area contributed by atoms with E-state index in [2.05, 4.69) is 22.4 Å². The van der Waals surface area contributed by atoms with Crippen molar-refractivity contribution in [2.75, 3.05) is 6.54 Å². The predicted octanol–water partition coefficient (Wildman–Crippen LogP) is 3.66. The third kappa shape index (κ3) is 3.02. The Bertz CT molecular complexity index is 576. The highest BCUT2D eigenvalue weighted by Gasteiger charge is 2.31. The molecule has 1 N–H and O–H groups in total. The van der Waals surface area contributed by atoms with Crippen LogP contribution >= 0.6 is 0 Å². The monoisotopic (exact) mass is 289 g/mol. The fourth-order valence-electron chi connectivity index (χ4n) is 3.08. The third-order valence-corrected chi connectivity index (χ3v) is 4.25. The van der Waals surface area contributed by atoms with Crippen molar-refractivity contribution in [3.63, 3.8) is 0 Å². The van der Waals surface area contributed by atoms with Crippen molar-refractivity contribution >= 4 is 0 Å². The summed E-state index contributed by atoms with van der Waals surface area (Å²) in [6.07, 6.45) is 7.60. The van der Waals surface area contributed by atoms with Gasteiger partial charge < -0.3 is 14.3 Å². The smallest absolute Gasteiger partial charge is 0.238 e. The summed E-state index contributed by atoms with van der Waals surface area (Å²) in [6.45, 7) is 5.22. The molecule has 114 valence electrons. The first-order valence-corrected chi connectivity index (χ1v) is 7.91. The number of aryl methyl sites for hydroxylation is 1. The Morgan fingerprint density at radius 2 is 2.19 bits per heavy atom. The van der Waals surface area contributed by atoms with Crippen molar-refractivity contribution in [2.45, 2.75) is 57.9 Å². The molecule has 1 saturated carbocycles. The Labute approximate surface area is 125 Å². The number of hydrogen-bond donors (Lipinski definition) is 1. The second kappa shape index (κ2) is 6.43. The van der Waals surface area contributed by atoms with Crippen LogP contribution < -0.4 is 5.32 Å². The summed E-state index contributed by atoms with van der Waals surface area (Å²) < 4.78 is 11.0. The van der Waals surface area contributed by atoms with Crippen LogP contribution in [0.25, 0.3) is 11.6 Å². The van der Waals surface area contributed by atoms with Crippen molar-refractivity contribution in [2.24, 2.45) is 0 Å². The Kier molecular flexibility index (Phi) is 4.39. The standard InChI is InChI=1S/C16H23N3O2/c1-3-9-17-13-7-5-4-6-12(13)16-18-15(19-21-16)14-11(2)8-10-20-14/h8,10,12-13,17H,3-7,9H2,1-2H3. The van der Waals surface area contributed by atoms with E-state index < -0.39 is 0 Å². The minimum absolute atomic E-state index is 0.321. The highest BCUT2D eigenvalue weighted by Crippen LogP contribution is 2.33. The zero-order valence-corrected chi connectivity index (χ0v) is 12.8. The SMILES string of the molecule is CCCNC1CCCCC1c1nc(-c2occc2C)no1. The van der Waals surface area contributed by atoms with E-state index in [1.807, 2.05) is 13.0 Å². The highest BCUT2D eigenvalue weighted by atomic mass is 16.5. The first-order valence-electron chi connectivity index (χ1n) is 7.91. The molecule has 2 heterocycles. The largest absolute Gasteiger partial charge is 0.461 e. The van der Waals surface area contributed by atoms with Gasteiger partial charge in [-0.15, -0.1) is 0 Å². The van der Waals surface area contributed by atoms with Crippen LogP contribution in [0.2, 0.25) is 0 Å². The molecule has 1 aliphatic rings. The second-order valence-electron chi connectivity index (χ2n) is 5.84. The molecule has 2 unspecified atom stereocenters. The maximum atomic E-state index is 5.53. The topological polar surface area (TPSA) is 64.1 Å². The fourth-order valence-corrected chi connectivity index (χ4v) is 3.08. The van der Waals surface area contributed by atoms with Crippen LogP contribution in [-0.2, 0) is 0 Å². The molecule has 0 bridgehead atoms. The van der Waals surface area contributed by atoms with Gasteiger partial charge in [-0.2, -0.15) is 4.98 Å². The molecule has 0 aromatic carbocycles. The van der Waals surface area contributed by atoms with E-state index in [1.165, 1.54) is 19.3 Å². The molecule has 2 aromatic rings. The maximum absolute atomic E-state index is 5.53. The zero-order valence-electron chi connectivity index (χ0n) is 12.8. The van der Waals surface area contributed by atoms with Crippen LogP contribution in [0.5, 0.6) is 0 Å². The van der Waals surface area contributed by atoms with Gasteiger partial charge in [0, 0.05) is 6.04 Å². The molecule has 0 radical (unpaired) electrons. The summed E-state index contributed by atoms with van der Waals surface area (Å²) in [5.74, 6) is 2.34. The highest BCUT2D eigenvalue weighted by molar-refractivity contribution is 5.51. The van der Waals surface area contributed by atoms with Crippen molar-refractivity contribution in [1.29, 1.82) is 0 Å². The Hall–Kier alpha value is -1.62. The Morgan fingerprint density at radius 3 is 2.95 bits per heavy atom. The summed E-state index contributed by atoms with van der Waals surface area (Å²) in [5.41, 5.74) is 1.03. The van der Waals surface area contributed by atoms with Gasteiger partial charge in [0.25, 0.3) is 0 Å². The van der Waals surface area contributed by atoms with Gasteiger partial charge in [-0.25, -0.2) is 0 Å². The zero-order chi connectivity index (χ0) is 14.7. The number of nitrogens with one attached hydrogen (secondary N) is 1. The molecule has 1 aliphatic carbocycles. The van der Waals surface area contributed by atoms with Crippen LogP contribution in [0.15, 0.2) is 21.3 Å². The van der Waals surface area contributed by atoms with Gasteiger partial charge in [0.15, 0.2) is 5.76 Å². The molecular weight excluding hydrogens is 266 g/mol. The lowest BCUT2D eigenvalue weighted by molar-refractivity contribution is 0.262. The maximum Gasteiger partial charge on any atom is 0.238 e. The first-order chi connectivity index (χ1) is 10.3. The molecule has 0 amide bonds. The molecule has 3 rings (SSSR count). The molecule has 0 saturated heterocycles. The third-order valence-electron chi connectivity index (χ3n) is 4.25. The number of rotatable bonds is 5. The van der Waals surface area contributed by atoms with Gasteiger partial charge in [0.05, 0.1) is 12.2 Å². The summed E-state index contributed by atoms with van der Waals surface area (Å²) in [5, 5.41) is 7.73. The molecule has 1 fully saturated rings. The van der Waals surface area contributed by atoms with Gasteiger partial charge in [0.2, 0.25) is 11.7 Å². The van der Waals surface area contributed by atoms with Crippen molar-refractivity contribution in [3.05, 3.63) is 23.8 Å². The van der Waals surface area contributed by atoms with Gasteiger partial charge in [0.1, 0.15) is 0 Å². The van der Waals surface area contributed by atoms with Gasteiger partial charge in [-0.05, 0) is 44.4 Å². The van der Waals surface area contributed by atoms with Crippen molar-refractivity contribution in [3.8, 4) is 11.6 Å². The van der Waals surface area contributed by atoms with Crippen LogP contribution in [0.1, 0.15) is 56.4 Å².